The number of methoxy groups -OCH3 is 1. The lowest BCUT2D eigenvalue weighted by Crippen LogP contribution is -2.23. The molecule has 0 aliphatic heterocycles. The predicted molar refractivity (Wildman–Crippen MR) is 107 cm³/mol. The maximum atomic E-state index is 12.5. The molecule has 0 radical (unpaired) electrons. The first-order chi connectivity index (χ1) is 13.5. The molecule has 0 unspecified atom stereocenters. The van der Waals surface area contributed by atoms with Crippen molar-refractivity contribution in [3.63, 3.8) is 0 Å². The monoisotopic (exact) mass is 375 g/mol. The molecule has 1 amide bonds. The number of rotatable bonds is 5. The van der Waals surface area contributed by atoms with Gasteiger partial charge in [-0.15, -0.1) is 0 Å². The zero-order chi connectivity index (χ0) is 19.7. The Bertz CT molecular complexity index is 1140. The van der Waals surface area contributed by atoms with E-state index >= 15 is 0 Å². The molecule has 142 valence electrons. The van der Waals surface area contributed by atoms with Crippen LogP contribution in [0.3, 0.4) is 0 Å². The van der Waals surface area contributed by atoms with E-state index in [0.717, 1.165) is 33.3 Å². The molecule has 7 heteroatoms. The van der Waals surface area contributed by atoms with Crippen molar-refractivity contribution >= 4 is 16.8 Å². The van der Waals surface area contributed by atoms with Crippen LogP contribution in [-0.2, 0) is 6.54 Å². The Morgan fingerprint density at radius 1 is 1.14 bits per heavy atom. The molecule has 4 rings (SSSR count). The van der Waals surface area contributed by atoms with Gasteiger partial charge in [0.25, 0.3) is 5.91 Å². The molecule has 0 bridgehead atoms. The highest BCUT2D eigenvalue weighted by Crippen LogP contribution is 2.22. The van der Waals surface area contributed by atoms with Crippen molar-refractivity contribution in [1.29, 1.82) is 0 Å². The number of aryl methyl sites for hydroxylation is 2. The number of benzene rings is 2. The number of carbonyl (C=O) groups is 1. The summed E-state index contributed by atoms with van der Waals surface area (Å²) in [6, 6.07) is 13.5. The summed E-state index contributed by atoms with van der Waals surface area (Å²) >= 11 is 0. The van der Waals surface area contributed by atoms with Crippen LogP contribution in [0, 0.1) is 13.8 Å². The third kappa shape index (κ3) is 3.46. The maximum absolute atomic E-state index is 12.5. The molecule has 2 aromatic carbocycles. The number of fused-ring (bicyclic) bond motifs is 1. The molecule has 0 fully saturated rings. The van der Waals surface area contributed by atoms with Crippen LogP contribution < -0.4 is 10.1 Å². The SMILES string of the molecule is COc1ccc(-c2n[nH]c(CNC(=O)c3cc4c(C)cc(C)cc4[nH]3)n2)cc1. The van der Waals surface area contributed by atoms with E-state index in [1.165, 1.54) is 0 Å². The van der Waals surface area contributed by atoms with Crippen molar-refractivity contribution in [2.45, 2.75) is 20.4 Å². The number of aromatic nitrogens is 4. The fourth-order valence-electron chi connectivity index (χ4n) is 3.22. The summed E-state index contributed by atoms with van der Waals surface area (Å²) in [6.45, 7) is 4.34. The summed E-state index contributed by atoms with van der Waals surface area (Å²) in [5.41, 5.74) is 4.66. The summed E-state index contributed by atoms with van der Waals surface area (Å²) < 4.78 is 5.15. The third-order valence-corrected chi connectivity index (χ3v) is 4.63. The van der Waals surface area contributed by atoms with Gasteiger partial charge in [-0.05, 0) is 61.4 Å². The molecule has 2 heterocycles. The fourth-order valence-corrected chi connectivity index (χ4v) is 3.22. The number of carbonyl (C=O) groups excluding carboxylic acids is 1. The quantitative estimate of drug-likeness (QED) is 0.497. The maximum Gasteiger partial charge on any atom is 0.268 e. The lowest BCUT2D eigenvalue weighted by Gasteiger charge is -2.00. The van der Waals surface area contributed by atoms with Gasteiger partial charge in [-0.2, -0.15) is 5.10 Å². The van der Waals surface area contributed by atoms with Crippen molar-refractivity contribution in [2.24, 2.45) is 0 Å². The topological polar surface area (TPSA) is 95.7 Å². The summed E-state index contributed by atoms with van der Waals surface area (Å²) in [5, 5.41) is 11.0. The van der Waals surface area contributed by atoms with Crippen LogP contribution in [0.25, 0.3) is 22.3 Å². The number of H-pyrrole nitrogens is 2. The minimum atomic E-state index is -0.185. The highest BCUT2D eigenvalue weighted by atomic mass is 16.5. The molecule has 3 N–H and O–H groups in total. The minimum Gasteiger partial charge on any atom is -0.497 e. The molecular formula is C21H21N5O2. The van der Waals surface area contributed by atoms with E-state index < -0.39 is 0 Å². The van der Waals surface area contributed by atoms with Gasteiger partial charge in [-0.3, -0.25) is 9.89 Å². The minimum absolute atomic E-state index is 0.185. The Morgan fingerprint density at radius 2 is 1.93 bits per heavy atom. The van der Waals surface area contributed by atoms with Gasteiger partial charge in [0.2, 0.25) is 0 Å². The van der Waals surface area contributed by atoms with E-state index in [0.29, 0.717) is 17.3 Å². The molecule has 0 aliphatic rings. The first-order valence-corrected chi connectivity index (χ1v) is 8.97. The number of amides is 1. The van der Waals surface area contributed by atoms with Gasteiger partial charge >= 0.3 is 0 Å². The van der Waals surface area contributed by atoms with E-state index in [9.17, 15) is 4.79 Å². The Balaban J connectivity index is 1.45. The summed E-state index contributed by atoms with van der Waals surface area (Å²) in [4.78, 5) is 20.1. The molecule has 0 aliphatic carbocycles. The molecule has 0 atom stereocenters. The Kier molecular flexibility index (Phi) is 4.57. The van der Waals surface area contributed by atoms with E-state index in [1.54, 1.807) is 7.11 Å². The van der Waals surface area contributed by atoms with Gasteiger partial charge in [0.05, 0.1) is 13.7 Å². The first kappa shape index (κ1) is 17.8. The number of aromatic amines is 2. The first-order valence-electron chi connectivity index (χ1n) is 8.97. The van der Waals surface area contributed by atoms with E-state index in [-0.39, 0.29) is 12.5 Å². The van der Waals surface area contributed by atoms with Crippen LogP contribution in [0.2, 0.25) is 0 Å². The van der Waals surface area contributed by atoms with E-state index in [1.807, 2.05) is 50.2 Å². The molecule has 0 saturated heterocycles. The highest BCUT2D eigenvalue weighted by Gasteiger charge is 2.12. The van der Waals surface area contributed by atoms with Crippen LogP contribution >= 0.6 is 0 Å². The average molecular weight is 375 g/mol. The lowest BCUT2D eigenvalue weighted by molar-refractivity contribution is 0.0946. The number of hydrogen-bond acceptors (Lipinski definition) is 4. The van der Waals surface area contributed by atoms with Gasteiger partial charge in [0.1, 0.15) is 17.3 Å². The normalized spacial score (nSPS) is 11.0. The molecule has 7 nitrogen and oxygen atoms in total. The van der Waals surface area contributed by atoms with E-state index in [2.05, 4.69) is 31.5 Å². The summed E-state index contributed by atoms with van der Waals surface area (Å²) in [7, 11) is 1.62. The van der Waals surface area contributed by atoms with Crippen LogP contribution in [0.4, 0.5) is 0 Å². The Labute approximate surface area is 162 Å². The van der Waals surface area contributed by atoms with Gasteiger partial charge in [-0.25, -0.2) is 4.98 Å². The molecule has 2 aromatic heterocycles. The van der Waals surface area contributed by atoms with Crippen molar-refractivity contribution < 1.29 is 9.53 Å². The van der Waals surface area contributed by atoms with Gasteiger partial charge in [0.15, 0.2) is 5.82 Å². The van der Waals surface area contributed by atoms with Crippen LogP contribution in [0.5, 0.6) is 5.75 Å². The third-order valence-electron chi connectivity index (χ3n) is 4.63. The standard InChI is InChI=1S/C21H21N5O2/c1-12-8-13(2)16-10-18(23-17(16)9-12)21(27)22-11-19-24-20(26-25-19)14-4-6-15(28-3)7-5-14/h4-10,23H,11H2,1-3H3,(H,22,27)(H,24,25,26). The smallest absolute Gasteiger partial charge is 0.268 e. The summed E-state index contributed by atoms with van der Waals surface area (Å²) in [6.07, 6.45) is 0. The lowest BCUT2D eigenvalue weighted by atomic mass is 10.1. The van der Waals surface area contributed by atoms with Crippen molar-refractivity contribution in [3.8, 4) is 17.1 Å². The second-order valence-electron chi connectivity index (χ2n) is 6.74. The summed E-state index contributed by atoms with van der Waals surface area (Å²) in [5.74, 6) is 1.75. The Hall–Kier alpha value is -3.61. The van der Waals surface area contributed by atoms with Crippen molar-refractivity contribution in [2.75, 3.05) is 7.11 Å². The highest BCUT2D eigenvalue weighted by molar-refractivity contribution is 5.98. The molecular weight excluding hydrogens is 354 g/mol. The van der Waals surface area contributed by atoms with Crippen LogP contribution in [0.15, 0.2) is 42.5 Å². The predicted octanol–water partition coefficient (Wildman–Crippen LogP) is 3.51. The molecule has 0 spiro atoms. The van der Waals surface area contributed by atoms with Crippen molar-refractivity contribution in [1.82, 2.24) is 25.5 Å². The largest absolute Gasteiger partial charge is 0.497 e. The molecule has 28 heavy (non-hydrogen) atoms. The number of nitrogens with zero attached hydrogens (tertiary/aromatic N) is 2. The molecule has 0 saturated carbocycles. The van der Waals surface area contributed by atoms with Crippen LogP contribution in [-0.4, -0.2) is 33.2 Å². The van der Waals surface area contributed by atoms with Gasteiger partial charge in [0, 0.05) is 16.5 Å². The zero-order valence-electron chi connectivity index (χ0n) is 16.0. The van der Waals surface area contributed by atoms with Gasteiger partial charge < -0.3 is 15.0 Å². The number of hydrogen-bond donors (Lipinski definition) is 3. The second-order valence-corrected chi connectivity index (χ2v) is 6.74. The van der Waals surface area contributed by atoms with Gasteiger partial charge in [-0.1, -0.05) is 6.07 Å². The number of nitrogens with one attached hydrogen (secondary N) is 3. The van der Waals surface area contributed by atoms with Crippen molar-refractivity contribution in [3.05, 3.63) is 65.1 Å². The average Bonchev–Trinajstić information content (AvgIpc) is 3.33. The molecule has 4 aromatic rings. The Morgan fingerprint density at radius 3 is 2.68 bits per heavy atom. The second kappa shape index (κ2) is 7.19. The number of ether oxygens (including phenoxy) is 1. The fraction of sp³-hybridized carbons (Fsp3) is 0.190. The zero-order valence-corrected chi connectivity index (χ0v) is 16.0. The van der Waals surface area contributed by atoms with E-state index in [4.69, 9.17) is 4.74 Å². The van der Waals surface area contributed by atoms with Crippen LogP contribution in [0.1, 0.15) is 27.4 Å².